The monoisotopic (exact) mass is 288 g/mol. The van der Waals surface area contributed by atoms with Crippen LogP contribution in [0.25, 0.3) is 5.57 Å². The van der Waals surface area contributed by atoms with E-state index in [4.69, 9.17) is 0 Å². The number of anilines is 1. The van der Waals surface area contributed by atoms with Gasteiger partial charge in [0.25, 0.3) is 5.91 Å². The van der Waals surface area contributed by atoms with Crippen LogP contribution in [0.5, 0.6) is 0 Å². The van der Waals surface area contributed by atoms with Crippen molar-refractivity contribution in [3.8, 4) is 0 Å². The average molecular weight is 288 g/mol. The van der Waals surface area contributed by atoms with Crippen molar-refractivity contribution in [1.29, 1.82) is 0 Å². The summed E-state index contributed by atoms with van der Waals surface area (Å²) in [5.41, 5.74) is 6.56. The Balaban J connectivity index is 1.78. The number of hydrogen-bond acceptors (Lipinski definition) is 2. The summed E-state index contributed by atoms with van der Waals surface area (Å²) in [6.45, 7) is 2.85. The Bertz CT molecular complexity index is 801. The Labute approximate surface area is 129 Å². The fourth-order valence-corrected chi connectivity index (χ4v) is 3.01. The van der Waals surface area contributed by atoms with Crippen molar-refractivity contribution in [2.75, 3.05) is 11.4 Å². The van der Waals surface area contributed by atoms with Crippen molar-refractivity contribution in [1.82, 2.24) is 5.32 Å². The number of aryl methyl sites for hydroxylation is 1. The van der Waals surface area contributed by atoms with Gasteiger partial charge in [-0.3, -0.25) is 4.79 Å². The molecule has 0 saturated carbocycles. The van der Waals surface area contributed by atoms with Crippen LogP contribution in [0.4, 0.5) is 5.69 Å². The number of hydrogen-bond donors (Lipinski definition) is 1. The third kappa shape index (κ3) is 2.02. The normalized spacial score (nSPS) is 16.7. The van der Waals surface area contributed by atoms with Crippen LogP contribution in [0.15, 0.2) is 72.1 Å². The van der Waals surface area contributed by atoms with Crippen molar-refractivity contribution in [3.63, 3.8) is 0 Å². The summed E-state index contributed by atoms with van der Waals surface area (Å²) >= 11 is 0. The van der Waals surface area contributed by atoms with Gasteiger partial charge in [0, 0.05) is 17.3 Å². The number of nitrogens with one attached hydrogen (secondary N) is 1. The zero-order valence-electron chi connectivity index (χ0n) is 12.3. The van der Waals surface area contributed by atoms with Crippen molar-refractivity contribution in [3.05, 3.63) is 83.2 Å². The molecule has 2 aromatic rings. The van der Waals surface area contributed by atoms with E-state index in [1.54, 1.807) is 6.08 Å². The van der Waals surface area contributed by atoms with E-state index < -0.39 is 0 Å². The Hall–Kier alpha value is -2.81. The molecule has 3 heteroatoms. The molecule has 0 unspecified atom stereocenters. The minimum absolute atomic E-state index is 0.0461. The summed E-state index contributed by atoms with van der Waals surface area (Å²) in [7, 11) is 0. The van der Waals surface area contributed by atoms with E-state index >= 15 is 0 Å². The molecule has 1 N–H and O–H groups in total. The zero-order valence-corrected chi connectivity index (χ0v) is 12.3. The highest BCUT2D eigenvalue weighted by Gasteiger charge is 2.33. The van der Waals surface area contributed by atoms with Crippen LogP contribution in [-0.2, 0) is 4.79 Å². The molecule has 2 heterocycles. The summed E-state index contributed by atoms with van der Waals surface area (Å²) < 4.78 is 0. The Morgan fingerprint density at radius 3 is 2.45 bits per heavy atom. The number of rotatable bonds is 2. The molecule has 0 atom stereocenters. The van der Waals surface area contributed by atoms with Crippen LogP contribution in [0.1, 0.15) is 11.1 Å². The molecule has 1 amide bonds. The number of benzene rings is 2. The first-order valence-electron chi connectivity index (χ1n) is 7.38. The third-order valence-electron chi connectivity index (χ3n) is 4.15. The van der Waals surface area contributed by atoms with Crippen molar-refractivity contribution >= 4 is 17.2 Å². The Morgan fingerprint density at radius 2 is 1.73 bits per heavy atom. The molecule has 0 spiro atoms. The molecule has 2 aromatic carbocycles. The molecular weight excluding hydrogens is 272 g/mol. The van der Waals surface area contributed by atoms with E-state index in [0.717, 1.165) is 29.2 Å². The van der Waals surface area contributed by atoms with Gasteiger partial charge in [-0.25, -0.2) is 0 Å². The largest absolute Gasteiger partial charge is 0.335 e. The van der Waals surface area contributed by atoms with Gasteiger partial charge in [-0.2, -0.15) is 0 Å². The molecule has 0 saturated heterocycles. The molecule has 4 rings (SSSR count). The topological polar surface area (TPSA) is 32.3 Å². The van der Waals surface area contributed by atoms with E-state index in [9.17, 15) is 4.79 Å². The SMILES string of the molecule is Cc1ccc(N2CC(c3ccccc3)=C3NC(=O)C=C32)cc1. The molecule has 108 valence electrons. The fraction of sp³-hybridized carbons (Fsp3) is 0.105. The Morgan fingerprint density at radius 1 is 1.00 bits per heavy atom. The molecule has 22 heavy (non-hydrogen) atoms. The highest BCUT2D eigenvalue weighted by molar-refractivity contribution is 6.01. The van der Waals surface area contributed by atoms with E-state index in [-0.39, 0.29) is 5.91 Å². The van der Waals surface area contributed by atoms with Crippen LogP contribution < -0.4 is 10.2 Å². The summed E-state index contributed by atoms with van der Waals surface area (Å²) in [6, 6.07) is 18.6. The number of amides is 1. The second-order valence-electron chi connectivity index (χ2n) is 5.66. The molecule has 0 bridgehead atoms. The summed E-state index contributed by atoms with van der Waals surface area (Å²) in [6.07, 6.45) is 1.69. The lowest BCUT2D eigenvalue weighted by Gasteiger charge is -2.20. The fourth-order valence-electron chi connectivity index (χ4n) is 3.01. The standard InChI is InChI=1S/C19H16N2O/c1-13-7-9-15(10-8-13)21-12-16(14-5-3-2-4-6-14)19-17(21)11-18(22)20-19/h2-11H,12H2,1H3,(H,20,22). The molecule has 3 nitrogen and oxygen atoms in total. The van der Waals surface area contributed by atoms with Crippen LogP contribution in [0.3, 0.4) is 0 Å². The molecule has 0 fully saturated rings. The van der Waals surface area contributed by atoms with E-state index in [2.05, 4.69) is 53.5 Å². The minimum atomic E-state index is -0.0461. The van der Waals surface area contributed by atoms with Crippen molar-refractivity contribution < 1.29 is 4.79 Å². The summed E-state index contributed by atoms with van der Waals surface area (Å²) in [5, 5.41) is 2.98. The number of carbonyl (C=O) groups is 1. The maximum absolute atomic E-state index is 11.8. The maximum atomic E-state index is 11.8. The summed E-state index contributed by atoms with van der Waals surface area (Å²) in [4.78, 5) is 14.0. The van der Waals surface area contributed by atoms with Gasteiger partial charge in [-0.1, -0.05) is 48.0 Å². The van der Waals surface area contributed by atoms with Crippen LogP contribution >= 0.6 is 0 Å². The number of fused-ring (bicyclic) bond motifs is 1. The number of nitrogens with zero attached hydrogens (tertiary/aromatic N) is 1. The van der Waals surface area contributed by atoms with Gasteiger partial charge in [0.2, 0.25) is 0 Å². The molecular formula is C19H16N2O. The molecule has 2 aliphatic heterocycles. The van der Waals surface area contributed by atoms with E-state index in [1.165, 1.54) is 11.1 Å². The Kier molecular flexibility index (Phi) is 2.86. The predicted molar refractivity (Wildman–Crippen MR) is 88.1 cm³/mol. The molecule has 0 radical (unpaired) electrons. The van der Waals surface area contributed by atoms with Crippen LogP contribution in [-0.4, -0.2) is 12.5 Å². The van der Waals surface area contributed by atoms with Gasteiger partial charge in [0.1, 0.15) is 0 Å². The van der Waals surface area contributed by atoms with Gasteiger partial charge in [0.05, 0.1) is 17.9 Å². The van der Waals surface area contributed by atoms with E-state index in [1.807, 2.05) is 18.2 Å². The minimum Gasteiger partial charge on any atom is -0.335 e. The van der Waals surface area contributed by atoms with Crippen molar-refractivity contribution in [2.45, 2.75) is 6.92 Å². The maximum Gasteiger partial charge on any atom is 0.250 e. The lowest BCUT2D eigenvalue weighted by molar-refractivity contribution is -0.115. The van der Waals surface area contributed by atoms with Gasteiger partial charge >= 0.3 is 0 Å². The van der Waals surface area contributed by atoms with Crippen molar-refractivity contribution in [2.24, 2.45) is 0 Å². The second kappa shape index (κ2) is 4.88. The number of carbonyl (C=O) groups excluding carboxylic acids is 1. The van der Waals surface area contributed by atoms with E-state index in [0.29, 0.717) is 0 Å². The quantitative estimate of drug-likeness (QED) is 0.920. The first-order valence-corrected chi connectivity index (χ1v) is 7.38. The van der Waals surface area contributed by atoms with Gasteiger partial charge in [-0.15, -0.1) is 0 Å². The molecule has 0 aliphatic carbocycles. The zero-order chi connectivity index (χ0) is 15.1. The van der Waals surface area contributed by atoms with Crippen LogP contribution in [0, 0.1) is 6.92 Å². The molecule has 2 aliphatic rings. The third-order valence-corrected chi connectivity index (χ3v) is 4.15. The molecule has 0 aromatic heterocycles. The van der Waals surface area contributed by atoms with Gasteiger partial charge in [0.15, 0.2) is 0 Å². The highest BCUT2D eigenvalue weighted by Crippen LogP contribution is 2.38. The van der Waals surface area contributed by atoms with Crippen LogP contribution in [0.2, 0.25) is 0 Å². The first kappa shape index (κ1) is 12.9. The lowest BCUT2D eigenvalue weighted by atomic mass is 10.1. The first-order chi connectivity index (χ1) is 10.7. The highest BCUT2D eigenvalue weighted by atomic mass is 16.1. The smallest absolute Gasteiger partial charge is 0.250 e. The lowest BCUT2D eigenvalue weighted by Crippen LogP contribution is -2.18. The average Bonchev–Trinajstić information content (AvgIpc) is 3.06. The summed E-state index contributed by atoms with van der Waals surface area (Å²) in [5.74, 6) is -0.0461. The second-order valence-corrected chi connectivity index (χ2v) is 5.66. The van der Waals surface area contributed by atoms with Gasteiger partial charge in [-0.05, 0) is 24.6 Å². The van der Waals surface area contributed by atoms with Gasteiger partial charge < -0.3 is 10.2 Å². The predicted octanol–water partition coefficient (Wildman–Crippen LogP) is 3.24.